The number of piperidine rings is 1. The zero-order chi connectivity index (χ0) is 26.1. The van der Waals surface area contributed by atoms with Crippen LogP contribution in [0.2, 0.25) is 0 Å². The van der Waals surface area contributed by atoms with Crippen molar-refractivity contribution in [1.29, 1.82) is 0 Å². The Hall–Kier alpha value is -3.45. The van der Waals surface area contributed by atoms with Gasteiger partial charge in [0.25, 0.3) is 0 Å². The number of aromatic nitrogens is 1. The van der Waals surface area contributed by atoms with Crippen molar-refractivity contribution in [1.82, 2.24) is 14.8 Å². The Kier molecular flexibility index (Phi) is 7.02. The summed E-state index contributed by atoms with van der Waals surface area (Å²) in [6.45, 7) is 7.65. The van der Waals surface area contributed by atoms with Crippen LogP contribution in [-0.4, -0.2) is 78.5 Å². The van der Waals surface area contributed by atoms with E-state index in [0.29, 0.717) is 13.1 Å². The molecule has 3 aromatic rings. The molecule has 0 N–H and O–H groups in total. The summed E-state index contributed by atoms with van der Waals surface area (Å²) in [6.07, 6.45) is 5.41. The van der Waals surface area contributed by atoms with Crippen LogP contribution in [0, 0.1) is 5.92 Å². The summed E-state index contributed by atoms with van der Waals surface area (Å²) >= 11 is 0. The van der Waals surface area contributed by atoms with E-state index in [4.69, 9.17) is 4.98 Å². The molecular formula is C31H37N5O2. The number of amides is 2. The first-order valence-electron chi connectivity index (χ1n) is 14.1. The van der Waals surface area contributed by atoms with Gasteiger partial charge >= 0.3 is 0 Å². The summed E-state index contributed by atoms with van der Waals surface area (Å²) in [5, 5.41) is 2.43. The maximum absolute atomic E-state index is 14.0. The molecule has 2 amide bonds. The number of rotatable bonds is 4. The molecule has 7 nitrogen and oxygen atoms in total. The van der Waals surface area contributed by atoms with Gasteiger partial charge < -0.3 is 14.7 Å². The Morgan fingerprint density at radius 1 is 0.868 bits per heavy atom. The van der Waals surface area contributed by atoms with Crippen LogP contribution < -0.4 is 9.80 Å². The lowest BCUT2D eigenvalue weighted by Crippen LogP contribution is -2.55. The molecule has 0 radical (unpaired) electrons. The van der Waals surface area contributed by atoms with Crippen molar-refractivity contribution in [3.63, 3.8) is 0 Å². The molecule has 0 bridgehead atoms. The van der Waals surface area contributed by atoms with Gasteiger partial charge in [-0.05, 0) is 48.8 Å². The molecule has 2 saturated heterocycles. The van der Waals surface area contributed by atoms with Crippen molar-refractivity contribution in [3.8, 4) is 0 Å². The molecule has 3 aliphatic heterocycles. The van der Waals surface area contributed by atoms with Crippen molar-refractivity contribution in [3.05, 3.63) is 66.4 Å². The monoisotopic (exact) mass is 511 g/mol. The van der Waals surface area contributed by atoms with Gasteiger partial charge in [-0.3, -0.25) is 14.5 Å². The minimum Gasteiger partial charge on any atom is -0.354 e. The Bertz CT molecular complexity index is 1310. The lowest BCUT2D eigenvalue weighted by atomic mass is 9.90. The second-order valence-electron chi connectivity index (χ2n) is 11.0. The number of fused-ring (bicyclic) bond motifs is 2. The van der Waals surface area contributed by atoms with E-state index in [1.165, 1.54) is 16.3 Å². The highest BCUT2D eigenvalue weighted by Gasteiger charge is 2.37. The number of likely N-dealkylation sites (tertiary alicyclic amines) is 1. The molecule has 0 spiro atoms. The molecule has 198 valence electrons. The van der Waals surface area contributed by atoms with E-state index in [1.54, 1.807) is 6.92 Å². The van der Waals surface area contributed by atoms with Crippen molar-refractivity contribution in [2.75, 3.05) is 55.6 Å². The van der Waals surface area contributed by atoms with Gasteiger partial charge in [0, 0.05) is 82.0 Å². The molecule has 2 aromatic carbocycles. The minimum absolute atomic E-state index is 0.0199. The van der Waals surface area contributed by atoms with Crippen molar-refractivity contribution >= 4 is 34.1 Å². The molecule has 3 aliphatic rings. The maximum atomic E-state index is 14.0. The zero-order valence-corrected chi connectivity index (χ0v) is 22.3. The average molecular weight is 512 g/mol. The summed E-state index contributed by atoms with van der Waals surface area (Å²) < 4.78 is 0. The van der Waals surface area contributed by atoms with Gasteiger partial charge in [0.2, 0.25) is 11.8 Å². The Morgan fingerprint density at radius 3 is 2.39 bits per heavy atom. The number of para-hydroxylation sites is 1. The van der Waals surface area contributed by atoms with Crippen LogP contribution >= 0.6 is 0 Å². The van der Waals surface area contributed by atoms with Gasteiger partial charge in [-0.1, -0.05) is 42.5 Å². The number of carbonyl (C=O) groups is 2. The van der Waals surface area contributed by atoms with Crippen molar-refractivity contribution in [2.45, 2.75) is 38.6 Å². The molecule has 2 fully saturated rings. The van der Waals surface area contributed by atoms with Crippen LogP contribution in [-0.2, 0) is 16.0 Å². The quantitative estimate of drug-likeness (QED) is 0.531. The number of pyridine rings is 1. The van der Waals surface area contributed by atoms with Gasteiger partial charge in [-0.15, -0.1) is 0 Å². The lowest BCUT2D eigenvalue weighted by molar-refractivity contribution is -0.133. The van der Waals surface area contributed by atoms with Gasteiger partial charge in [-0.25, -0.2) is 4.98 Å². The van der Waals surface area contributed by atoms with E-state index in [0.717, 1.165) is 69.9 Å². The Balaban J connectivity index is 1.15. The van der Waals surface area contributed by atoms with E-state index in [-0.39, 0.29) is 23.8 Å². The van der Waals surface area contributed by atoms with E-state index >= 15 is 0 Å². The first-order valence-corrected chi connectivity index (χ1v) is 14.1. The first-order chi connectivity index (χ1) is 18.6. The molecule has 1 unspecified atom stereocenters. The van der Waals surface area contributed by atoms with E-state index in [1.807, 2.05) is 11.1 Å². The molecule has 6 rings (SSSR count). The summed E-state index contributed by atoms with van der Waals surface area (Å²) in [4.78, 5) is 39.5. The number of aryl methyl sites for hydroxylation is 1. The SMILES string of the molecule is CC(=O)N1CCC(C(=O)N2c3ccccc3CCC2CN2CCN(c3nccc4ccccc34)CC2)CC1. The standard InChI is InChI=1S/C31H37N5O2/c1-23(37)34-16-13-26(14-17-34)31(38)36-27(11-10-25-7-3-5-9-29(25)36)22-33-18-20-35(21-19-33)30-28-8-4-2-6-24(28)12-15-32-30/h2-9,12,15,26-27H,10-11,13-14,16-22H2,1H3. The van der Waals surface area contributed by atoms with Gasteiger partial charge in [-0.2, -0.15) is 0 Å². The number of carbonyl (C=O) groups excluding carboxylic acids is 2. The third kappa shape index (κ3) is 4.87. The van der Waals surface area contributed by atoms with Gasteiger partial charge in [0.1, 0.15) is 5.82 Å². The number of anilines is 2. The molecule has 7 heteroatoms. The molecule has 0 saturated carbocycles. The Labute approximate surface area is 225 Å². The lowest BCUT2D eigenvalue weighted by Gasteiger charge is -2.44. The molecule has 0 aliphatic carbocycles. The number of nitrogens with zero attached hydrogens (tertiary/aromatic N) is 5. The third-order valence-electron chi connectivity index (χ3n) is 8.68. The minimum atomic E-state index is -0.0199. The summed E-state index contributed by atoms with van der Waals surface area (Å²) in [7, 11) is 0. The van der Waals surface area contributed by atoms with Crippen molar-refractivity contribution < 1.29 is 9.59 Å². The summed E-state index contributed by atoms with van der Waals surface area (Å²) in [5.74, 6) is 1.40. The average Bonchev–Trinajstić information content (AvgIpc) is 2.97. The second-order valence-corrected chi connectivity index (χ2v) is 11.0. The first kappa shape index (κ1) is 24.9. The van der Waals surface area contributed by atoms with Gasteiger partial charge in [0.15, 0.2) is 0 Å². The number of piperazine rings is 1. The van der Waals surface area contributed by atoms with Crippen LogP contribution in [0.4, 0.5) is 11.5 Å². The predicted octanol–water partition coefficient (Wildman–Crippen LogP) is 3.96. The van der Waals surface area contributed by atoms with Crippen LogP contribution in [0.15, 0.2) is 60.8 Å². The highest BCUT2D eigenvalue weighted by atomic mass is 16.2. The van der Waals surface area contributed by atoms with Crippen LogP contribution in [0.5, 0.6) is 0 Å². The van der Waals surface area contributed by atoms with Gasteiger partial charge in [0.05, 0.1) is 0 Å². The highest BCUT2D eigenvalue weighted by Crippen LogP contribution is 2.34. The van der Waals surface area contributed by atoms with Crippen LogP contribution in [0.3, 0.4) is 0 Å². The van der Waals surface area contributed by atoms with E-state index < -0.39 is 0 Å². The predicted molar refractivity (Wildman–Crippen MR) is 151 cm³/mol. The normalized spacial score (nSPS) is 21.0. The van der Waals surface area contributed by atoms with E-state index in [2.05, 4.69) is 69.3 Å². The van der Waals surface area contributed by atoms with E-state index in [9.17, 15) is 9.59 Å². The van der Waals surface area contributed by atoms with Crippen LogP contribution in [0.25, 0.3) is 10.8 Å². The molecular weight excluding hydrogens is 474 g/mol. The number of benzene rings is 2. The summed E-state index contributed by atoms with van der Waals surface area (Å²) in [5.41, 5.74) is 2.35. The molecule has 1 aromatic heterocycles. The molecule has 4 heterocycles. The zero-order valence-electron chi connectivity index (χ0n) is 22.3. The molecule has 1 atom stereocenters. The molecule has 38 heavy (non-hydrogen) atoms. The third-order valence-corrected chi connectivity index (χ3v) is 8.68. The Morgan fingerprint density at radius 2 is 1.61 bits per heavy atom. The summed E-state index contributed by atoms with van der Waals surface area (Å²) in [6, 6.07) is 19.1. The smallest absolute Gasteiger partial charge is 0.230 e. The highest BCUT2D eigenvalue weighted by molar-refractivity contribution is 5.97. The fourth-order valence-corrected chi connectivity index (χ4v) is 6.51. The maximum Gasteiger partial charge on any atom is 0.230 e. The topological polar surface area (TPSA) is 60.0 Å². The van der Waals surface area contributed by atoms with Crippen LogP contribution in [0.1, 0.15) is 31.7 Å². The fourth-order valence-electron chi connectivity index (χ4n) is 6.51. The number of hydrogen-bond donors (Lipinski definition) is 0. The second kappa shape index (κ2) is 10.7. The largest absolute Gasteiger partial charge is 0.354 e. The number of hydrogen-bond acceptors (Lipinski definition) is 5. The van der Waals surface area contributed by atoms with Crippen molar-refractivity contribution in [2.24, 2.45) is 5.92 Å². The fraction of sp³-hybridized carbons (Fsp3) is 0.452.